The maximum absolute atomic E-state index is 11.3. The van der Waals surface area contributed by atoms with Crippen molar-refractivity contribution in [2.45, 2.75) is 20.3 Å². The minimum Gasteiger partial charge on any atom is -0.469 e. The number of ketones is 1. The van der Waals surface area contributed by atoms with E-state index in [1.807, 2.05) is 13.8 Å². The molecule has 0 spiro atoms. The first-order chi connectivity index (χ1) is 8.17. The fourth-order valence-corrected chi connectivity index (χ4v) is 1.45. The highest BCUT2D eigenvalue weighted by atomic mass is 79.9. The van der Waals surface area contributed by atoms with Crippen molar-refractivity contribution < 1.29 is 14.3 Å². The molecule has 0 aliphatic heterocycles. The van der Waals surface area contributed by atoms with E-state index >= 15 is 0 Å². The van der Waals surface area contributed by atoms with Gasteiger partial charge in [0.15, 0.2) is 5.78 Å². The van der Waals surface area contributed by atoms with Crippen LogP contribution in [0.1, 0.15) is 29.8 Å². The molecule has 1 rings (SSSR count). The molecule has 1 aromatic rings. The number of methoxy groups -OCH3 is 1. The van der Waals surface area contributed by atoms with E-state index in [0.717, 1.165) is 5.56 Å². The Kier molecular flexibility index (Phi) is 8.32. The van der Waals surface area contributed by atoms with Crippen molar-refractivity contribution in [3.8, 4) is 0 Å². The Morgan fingerprint density at radius 1 is 1.18 bits per heavy atom. The van der Waals surface area contributed by atoms with E-state index in [9.17, 15) is 9.59 Å². The number of carbonyl (C=O) groups is 2. The molecule has 0 saturated carbocycles. The molecule has 0 saturated heterocycles. The second-order valence-corrected chi connectivity index (χ2v) is 3.57. The zero-order valence-corrected chi connectivity index (χ0v) is 11.9. The number of benzene rings is 1. The number of Topliss-reactive ketones (excluding diaryl/α,β-unsaturated/α-hetero) is 1. The number of halogens is 1. The maximum Gasteiger partial charge on any atom is 0.309 e. The molecule has 0 unspecified atom stereocenters. The van der Waals surface area contributed by atoms with Crippen LogP contribution in [-0.2, 0) is 16.0 Å². The zero-order valence-electron chi connectivity index (χ0n) is 10.3. The molecule has 0 aliphatic rings. The van der Waals surface area contributed by atoms with Gasteiger partial charge in [-0.15, -0.1) is 0 Å². The fraction of sp³-hybridized carbons (Fsp3) is 0.385. The van der Waals surface area contributed by atoms with Crippen molar-refractivity contribution in [3.63, 3.8) is 0 Å². The molecule has 1 aromatic carbocycles. The minimum absolute atomic E-state index is 0.0274. The summed E-state index contributed by atoms with van der Waals surface area (Å²) in [7, 11) is 1.35. The largest absolute Gasteiger partial charge is 0.469 e. The van der Waals surface area contributed by atoms with Crippen LogP contribution in [0.25, 0.3) is 0 Å². The Morgan fingerprint density at radius 2 is 1.71 bits per heavy atom. The average molecular weight is 301 g/mol. The molecule has 17 heavy (non-hydrogen) atoms. The van der Waals surface area contributed by atoms with Crippen molar-refractivity contribution in [3.05, 3.63) is 35.4 Å². The fourth-order valence-electron chi connectivity index (χ4n) is 1.12. The molecule has 0 N–H and O–H groups in total. The van der Waals surface area contributed by atoms with Crippen molar-refractivity contribution in [2.75, 3.05) is 12.4 Å². The number of carbonyl (C=O) groups excluding carboxylic acids is 2. The summed E-state index contributed by atoms with van der Waals surface area (Å²) in [5.41, 5.74) is 1.48. The zero-order chi connectivity index (χ0) is 13.3. The van der Waals surface area contributed by atoms with Gasteiger partial charge in [0.1, 0.15) is 0 Å². The van der Waals surface area contributed by atoms with Crippen molar-refractivity contribution in [1.82, 2.24) is 0 Å². The van der Waals surface area contributed by atoms with Gasteiger partial charge in [-0.3, -0.25) is 9.59 Å². The summed E-state index contributed by atoms with van der Waals surface area (Å²) in [4.78, 5) is 22.2. The van der Waals surface area contributed by atoms with Gasteiger partial charge in [0, 0.05) is 5.56 Å². The lowest BCUT2D eigenvalue weighted by molar-refractivity contribution is -0.139. The average Bonchev–Trinajstić information content (AvgIpc) is 2.40. The second-order valence-electron chi connectivity index (χ2n) is 3.01. The van der Waals surface area contributed by atoms with E-state index in [1.54, 1.807) is 24.3 Å². The van der Waals surface area contributed by atoms with Crippen LogP contribution in [0.3, 0.4) is 0 Å². The highest BCUT2D eigenvalue weighted by molar-refractivity contribution is 9.09. The summed E-state index contributed by atoms with van der Waals surface area (Å²) in [6.45, 7) is 4.00. The Labute approximate surface area is 110 Å². The topological polar surface area (TPSA) is 43.4 Å². The number of alkyl halides is 1. The predicted molar refractivity (Wildman–Crippen MR) is 71.6 cm³/mol. The quantitative estimate of drug-likeness (QED) is 0.488. The highest BCUT2D eigenvalue weighted by Crippen LogP contribution is 2.07. The van der Waals surface area contributed by atoms with Gasteiger partial charge in [-0.2, -0.15) is 0 Å². The van der Waals surface area contributed by atoms with Gasteiger partial charge < -0.3 is 4.74 Å². The van der Waals surface area contributed by atoms with Crippen LogP contribution in [0.2, 0.25) is 0 Å². The molecule has 0 bridgehead atoms. The number of esters is 1. The van der Waals surface area contributed by atoms with Gasteiger partial charge >= 0.3 is 5.97 Å². The van der Waals surface area contributed by atoms with Gasteiger partial charge in [-0.1, -0.05) is 54.0 Å². The monoisotopic (exact) mass is 300 g/mol. The van der Waals surface area contributed by atoms with E-state index < -0.39 is 0 Å². The maximum atomic E-state index is 11.3. The van der Waals surface area contributed by atoms with Crippen LogP contribution < -0.4 is 0 Å². The van der Waals surface area contributed by atoms with Crippen LogP contribution in [0.15, 0.2) is 24.3 Å². The molecule has 0 atom stereocenters. The molecule has 0 aromatic heterocycles. The minimum atomic E-state index is -0.283. The van der Waals surface area contributed by atoms with Gasteiger partial charge in [-0.05, 0) is 5.56 Å². The van der Waals surface area contributed by atoms with Gasteiger partial charge in [-0.25, -0.2) is 0 Å². The van der Waals surface area contributed by atoms with Gasteiger partial charge in [0.2, 0.25) is 0 Å². The van der Waals surface area contributed by atoms with Crippen molar-refractivity contribution >= 4 is 27.7 Å². The van der Waals surface area contributed by atoms with E-state index in [2.05, 4.69) is 20.7 Å². The molecule has 0 amide bonds. The number of rotatable bonds is 4. The first-order valence-electron chi connectivity index (χ1n) is 5.42. The Hall–Kier alpha value is -1.16. The Bertz CT molecular complexity index is 357. The molecular weight excluding hydrogens is 284 g/mol. The second kappa shape index (κ2) is 8.93. The smallest absolute Gasteiger partial charge is 0.309 e. The summed E-state index contributed by atoms with van der Waals surface area (Å²) in [6, 6.07) is 6.93. The molecule has 4 heteroatoms. The first-order valence-corrected chi connectivity index (χ1v) is 6.54. The Morgan fingerprint density at radius 3 is 2.12 bits per heavy atom. The lowest BCUT2D eigenvalue weighted by Crippen LogP contribution is -2.05. The molecule has 3 nitrogen and oxygen atoms in total. The van der Waals surface area contributed by atoms with Gasteiger partial charge in [0.25, 0.3) is 0 Å². The SMILES string of the molecule is CC.COC(=O)Cc1ccc(C(=O)CBr)cc1. The van der Waals surface area contributed by atoms with Crippen molar-refractivity contribution in [2.24, 2.45) is 0 Å². The molecule has 94 valence electrons. The summed E-state index contributed by atoms with van der Waals surface area (Å²) < 4.78 is 4.54. The summed E-state index contributed by atoms with van der Waals surface area (Å²) >= 11 is 3.10. The first kappa shape index (κ1) is 15.8. The Balaban J connectivity index is 0.00000121. The van der Waals surface area contributed by atoms with E-state index in [0.29, 0.717) is 10.9 Å². The summed E-state index contributed by atoms with van der Waals surface area (Å²) in [5.74, 6) is -0.255. The molecule has 0 radical (unpaired) electrons. The highest BCUT2D eigenvalue weighted by Gasteiger charge is 2.05. The van der Waals surface area contributed by atoms with Crippen LogP contribution in [0, 0.1) is 0 Å². The van der Waals surface area contributed by atoms with Crippen LogP contribution in [-0.4, -0.2) is 24.2 Å². The number of ether oxygens (including phenoxy) is 1. The molecule has 0 aliphatic carbocycles. The van der Waals surface area contributed by atoms with Crippen LogP contribution in [0.5, 0.6) is 0 Å². The molecular formula is C13H17BrO3. The normalized spacial score (nSPS) is 8.94. The third-order valence-corrected chi connectivity index (χ3v) is 2.48. The van der Waals surface area contributed by atoms with Crippen molar-refractivity contribution in [1.29, 1.82) is 0 Å². The summed E-state index contributed by atoms with van der Waals surface area (Å²) in [6.07, 6.45) is 0.235. The predicted octanol–water partition coefficient (Wildman–Crippen LogP) is 3.01. The third-order valence-electron chi connectivity index (χ3n) is 1.97. The molecule has 0 heterocycles. The third kappa shape index (κ3) is 5.63. The van der Waals surface area contributed by atoms with E-state index in [4.69, 9.17) is 0 Å². The van der Waals surface area contributed by atoms with Crippen LogP contribution >= 0.6 is 15.9 Å². The number of hydrogen-bond acceptors (Lipinski definition) is 3. The van der Waals surface area contributed by atoms with E-state index in [1.165, 1.54) is 7.11 Å². The molecule has 0 fully saturated rings. The van der Waals surface area contributed by atoms with E-state index in [-0.39, 0.29) is 18.2 Å². The van der Waals surface area contributed by atoms with Gasteiger partial charge in [0.05, 0.1) is 18.9 Å². The lowest BCUT2D eigenvalue weighted by atomic mass is 10.1. The van der Waals surface area contributed by atoms with Crippen LogP contribution in [0.4, 0.5) is 0 Å². The summed E-state index contributed by atoms with van der Waals surface area (Å²) in [5, 5.41) is 0.309. The number of hydrogen-bond donors (Lipinski definition) is 0. The lowest BCUT2D eigenvalue weighted by Gasteiger charge is -2.01. The standard InChI is InChI=1S/C11H11BrO3.C2H6/c1-15-11(14)6-8-2-4-9(5-3-8)10(13)7-12;1-2/h2-5H,6-7H2,1H3;1-2H3.